The second-order valence-corrected chi connectivity index (χ2v) is 8.57. The molecule has 0 unspecified atom stereocenters. The fourth-order valence-electron chi connectivity index (χ4n) is 4.11. The smallest absolute Gasteiger partial charge is 0.246 e. The number of nitrogens with zero attached hydrogens (tertiary/aromatic N) is 4. The topological polar surface area (TPSA) is 81.4 Å². The number of benzene rings is 2. The molecule has 8 heteroatoms. The molecule has 34 heavy (non-hydrogen) atoms. The third-order valence-corrected chi connectivity index (χ3v) is 6.22. The molecule has 0 saturated carbocycles. The van der Waals surface area contributed by atoms with Crippen molar-refractivity contribution in [1.82, 2.24) is 14.4 Å². The van der Waals surface area contributed by atoms with Gasteiger partial charge in [0, 0.05) is 61.5 Å². The second-order valence-electron chi connectivity index (χ2n) is 8.17. The van der Waals surface area contributed by atoms with E-state index in [9.17, 15) is 9.59 Å². The lowest BCUT2D eigenvalue weighted by molar-refractivity contribution is -0.127. The summed E-state index contributed by atoms with van der Waals surface area (Å²) < 4.78 is 2.05. The second kappa shape index (κ2) is 11.0. The molecular weight excluding hydrogens is 450 g/mol. The van der Waals surface area contributed by atoms with Gasteiger partial charge in [0.15, 0.2) is 0 Å². The molecule has 3 aromatic rings. The van der Waals surface area contributed by atoms with Crippen LogP contribution in [-0.2, 0) is 16.1 Å². The highest BCUT2D eigenvalue weighted by molar-refractivity contribution is 6.33. The highest BCUT2D eigenvalue weighted by atomic mass is 35.5. The maximum absolute atomic E-state index is 12.8. The normalized spacial score (nSPS) is 14.4. The van der Waals surface area contributed by atoms with Crippen LogP contribution in [-0.4, -0.2) is 58.9 Å². The molecule has 2 heterocycles. The maximum Gasteiger partial charge on any atom is 0.246 e. The highest BCUT2D eigenvalue weighted by Gasteiger charge is 2.21. The number of halogens is 1. The van der Waals surface area contributed by atoms with E-state index in [4.69, 9.17) is 16.9 Å². The number of aromatic nitrogens is 1. The van der Waals surface area contributed by atoms with Gasteiger partial charge in [-0.2, -0.15) is 5.26 Å². The number of para-hydroxylation sites is 2. The number of fused-ring (bicyclic) bond motifs is 1. The first-order valence-electron chi connectivity index (χ1n) is 11.2. The van der Waals surface area contributed by atoms with Crippen LogP contribution >= 0.6 is 11.6 Å². The van der Waals surface area contributed by atoms with Crippen molar-refractivity contribution in [2.24, 2.45) is 0 Å². The van der Waals surface area contributed by atoms with Crippen LogP contribution in [0.4, 0.5) is 5.69 Å². The number of carbonyl (C=O) groups is 2. The number of nitrogens with one attached hydrogen (secondary N) is 1. The number of rotatable bonds is 7. The van der Waals surface area contributed by atoms with E-state index in [0.717, 1.165) is 16.5 Å². The number of nitriles is 1. The van der Waals surface area contributed by atoms with Crippen molar-refractivity contribution in [3.05, 3.63) is 71.4 Å². The van der Waals surface area contributed by atoms with Crippen molar-refractivity contribution in [2.45, 2.75) is 13.0 Å². The molecule has 4 rings (SSSR count). The van der Waals surface area contributed by atoms with Crippen LogP contribution in [0.3, 0.4) is 0 Å². The highest BCUT2D eigenvalue weighted by Crippen LogP contribution is 2.23. The third kappa shape index (κ3) is 5.66. The molecule has 0 radical (unpaired) electrons. The van der Waals surface area contributed by atoms with E-state index >= 15 is 0 Å². The largest absolute Gasteiger partial charge is 0.346 e. The number of anilines is 1. The summed E-state index contributed by atoms with van der Waals surface area (Å²) in [5.74, 6) is -0.172. The van der Waals surface area contributed by atoms with Gasteiger partial charge < -0.3 is 14.8 Å². The molecule has 1 saturated heterocycles. The Balaban J connectivity index is 1.31. The Kier molecular flexibility index (Phi) is 7.63. The average molecular weight is 476 g/mol. The molecule has 2 aromatic carbocycles. The summed E-state index contributed by atoms with van der Waals surface area (Å²) >= 11 is 6.10. The van der Waals surface area contributed by atoms with Crippen LogP contribution in [0, 0.1) is 11.3 Å². The molecule has 0 bridgehead atoms. The summed E-state index contributed by atoms with van der Waals surface area (Å²) in [4.78, 5) is 29.0. The van der Waals surface area contributed by atoms with Gasteiger partial charge >= 0.3 is 0 Å². The quantitative estimate of drug-likeness (QED) is 0.523. The van der Waals surface area contributed by atoms with Gasteiger partial charge in [-0.05, 0) is 24.3 Å². The number of hydrogen-bond donors (Lipinski definition) is 1. The lowest BCUT2D eigenvalue weighted by Crippen LogP contribution is -2.50. The van der Waals surface area contributed by atoms with Crippen LogP contribution in [0.1, 0.15) is 12.0 Å². The standard InChI is InChI=1S/C26H26ClN5O2/c27-22-7-2-3-8-23(22)29-25(33)19-30-14-16-31(17-15-30)26(34)11-10-20-18-32(13-5-12-28)24-9-4-1-6-21(20)24/h1-4,6-11,18H,5,13-17,19H2,(H,29,33). The Hall–Kier alpha value is -3.60. The van der Waals surface area contributed by atoms with E-state index < -0.39 is 0 Å². The molecule has 2 amide bonds. The molecule has 7 nitrogen and oxygen atoms in total. The van der Waals surface area contributed by atoms with E-state index in [1.54, 1.807) is 23.1 Å². The van der Waals surface area contributed by atoms with Gasteiger partial charge in [0.1, 0.15) is 0 Å². The number of aryl methyl sites for hydroxylation is 1. The van der Waals surface area contributed by atoms with Gasteiger partial charge in [-0.25, -0.2) is 0 Å². The Morgan fingerprint density at radius 2 is 1.79 bits per heavy atom. The molecule has 1 aliphatic rings. The van der Waals surface area contributed by atoms with Crippen molar-refractivity contribution in [3.63, 3.8) is 0 Å². The summed E-state index contributed by atoms with van der Waals surface area (Å²) in [5, 5.41) is 13.3. The van der Waals surface area contributed by atoms with E-state index in [0.29, 0.717) is 49.9 Å². The molecule has 0 aliphatic carbocycles. The van der Waals surface area contributed by atoms with Gasteiger partial charge in [-0.1, -0.05) is 41.9 Å². The molecule has 1 aromatic heterocycles. The van der Waals surface area contributed by atoms with E-state index in [-0.39, 0.29) is 18.4 Å². The van der Waals surface area contributed by atoms with E-state index in [1.165, 1.54) is 0 Å². The molecular formula is C26H26ClN5O2. The first-order chi connectivity index (χ1) is 16.5. The minimum Gasteiger partial charge on any atom is -0.346 e. The van der Waals surface area contributed by atoms with Gasteiger partial charge in [0.05, 0.1) is 29.7 Å². The number of carbonyl (C=O) groups excluding carboxylic acids is 2. The molecule has 0 spiro atoms. The predicted octanol–water partition coefficient (Wildman–Crippen LogP) is 4.00. The summed E-state index contributed by atoms with van der Waals surface area (Å²) in [5.41, 5.74) is 2.60. The van der Waals surface area contributed by atoms with Gasteiger partial charge in [-0.3, -0.25) is 14.5 Å². The SMILES string of the molecule is N#CCCn1cc(C=CC(=O)N2CCN(CC(=O)Nc3ccccc3Cl)CC2)c2ccccc21. The first kappa shape index (κ1) is 23.6. The zero-order valence-corrected chi connectivity index (χ0v) is 19.5. The minimum atomic E-state index is -0.124. The maximum atomic E-state index is 12.8. The Morgan fingerprint density at radius 3 is 2.56 bits per heavy atom. The Morgan fingerprint density at radius 1 is 1.06 bits per heavy atom. The van der Waals surface area contributed by atoms with Gasteiger partial charge in [-0.15, -0.1) is 0 Å². The van der Waals surface area contributed by atoms with Crippen LogP contribution in [0.15, 0.2) is 60.8 Å². The van der Waals surface area contributed by atoms with Gasteiger partial charge in [0.25, 0.3) is 0 Å². The van der Waals surface area contributed by atoms with E-state index in [2.05, 4.69) is 16.0 Å². The summed E-state index contributed by atoms with van der Waals surface area (Å²) in [6, 6.07) is 17.3. The zero-order chi connectivity index (χ0) is 23.9. The van der Waals surface area contributed by atoms with Crippen LogP contribution in [0.25, 0.3) is 17.0 Å². The lowest BCUT2D eigenvalue weighted by Gasteiger charge is -2.33. The predicted molar refractivity (Wildman–Crippen MR) is 134 cm³/mol. The van der Waals surface area contributed by atoms with Crippen LogP contribution in [0.5, 0.6) is 0 Å². The summed E-state index contributed by atoms with van der Waals surface area (Å²) in [7, 11) is 0. The number of piperazine rings is 1. The molecule has 174 valence electrons. The van der Waals surface area contributed by atoms with Crippen LogP contribution < -0.4 is 5.32 Å². The van der Waals surface area contributed by atoms with Crippen molar-refractivity contribution < 1.29 is 9.59 Å². The first-order valence-corrected chi connectivity index (χ1v) is 11.6. The Bertz CT molecular complexity index is 1250. The Labute approximate surface area is 203 Å². The van der Waals surface area contributed by atoms with Crippen molar-refractivity contribution >= 4 is 46.1 Å². The lowest BCUT2D eigenvalue weighted by atomic mass is 10.1. The minimum absolute atomic E-state index is 0.0472. The van der Waals surface area contributed by atoms with Crippen molar-refractivity contribution in [1.29, 1.82) is 5.26 Å². The van der Waals surface area contributed by atoms with Crippen LogP contribution in [0.2, 0.25) is 5.02 Å². The average Bonchev–Trinajstić information content (AvgIpc) is 3.21. The van der Waals surface area contributed by atoms with Gasteiger partial charge in [0.2, 0.25) is 11.8 Å². The fourth-order valence-corrected chi connectivity index (χ4v) is 4.29. The molecule has 1 N–H and O–H groups in total. The number of hydrogen-bond acceptors (Lipinski definition) is 4. The third-order valence-electron chi connectivity index (χ3n) is 5.89. The number of amides is 2. The fraction of sp³-hybridized carbons (Fsp3) is 0.269. The summed E-state index contributed by atoms with van der Waals surface area (Å²) in [6.07, 6.45) is 5.87. The zero-order valence-electron chi connectivity index (χ0n) is 18.8. The van der Waals surface area contributed by atoms with Crippen molar-refractivity contribution in [2.75, 3.05) is 38.0 Å². The molecule has 1 aliphatic heterocycles. The molecule has 0 atom stereocenters. The van der Waals surface area contributed by atoms with E-state index in [1.807, 2.05) is 53.6 Å². The summed E-state index contributed by atoms with van der Waals surface area (Å²) in [6.45, 7) is 3.25. The van der Waals surface area contributed by atoms with Crippen molar-refractivity contribution in [3.8, 4) is 6.07 Å². The molecule has 1 fully saturated rings. The monoisotopic (exact) mass is 475 g/mol.